The lowest BCUT2D eigenvalue weighted by atomic mass is 9.84. The standard InChI is InChI=1S/C16H22N2O3/c1-16(10-4-7-13(16)17)15(21)18-12-6-3-2-5-11(12)8-9-14(19)20/h2-3,5-6,13H,4,7-10,17H2,1H3,(H,18,21)(H,19,20). The van der Waals surface area contributed by atoms with Crippen LogP contribution in [0.5, 0.6) is 0 Å². The molecule has 1 fully saturated rings. The van der Waals surface area contributed by atoms with Gasteiger partial charge in [0.15, 0.2) is 0 Å². The van der Waals surface area contributed by atoms with Gasteiger partial charge in [0.25, 0.3) is 0 Å². The van der Waals surface area contributed by atoms with Gasteiger partial charge in [-0.3, -0.25) is 9.59 Å². The van der Waals surface area contributed by atoms with Gasteiger partial charge >= 0.3 is 5.97 Å². The largest absolute Gasteiger partial charge is 0.481 e. The molecule has 4 N–H and O–H groups in total. The van der Waals surface area contributed by atoms with Crippen LogP contribution < -0.4 is 11.1 Å². The summed E-state index contributed by atoms with van der Waals surface area (Å²) in [5.74, 6) is -0.920. The number of aryl methyl sites for hydroxylation is 1. The topological polar surface area (TPSA) is 92.4 Å². The van der Waals surface area contributed by atoms with Crippen LogP contribution in [0, 0.1) is 5.41 Å². The van der Waals surface area contributed by atoms with Gasteiger partial charge < -0.3 is 16.2 Å². The predicted molar refractivity (Wildman–Crippen MR) is 81.0 cm³/mol. The molecule has 1 amide bonds. The molecule has 0 spiro atoms. The van der Waals surface area contributed by atoms with E-state index in [4.69, 9.17) is 10.8 Å². The molecular weight excluding hydrogens is 268 g/mol. The van der Waals surface area contributed by atoms with Crippen molar-refractivity contribution in [3.05, 3.63) is 29.8 Å². The molecule has 5 nitrogen and oxygen atoms in total. The van der Waals surface area contributed by atoms with Crippen molar-refractivity contribution in [1.29, 1.82) is 0 Å². The van der Waals surface area contributed by atoms with Crippen molar-refractivity contribution >= 4 is 17.6 Å². The van der Waals surface area contributed by atoms with Crippen molar-refractivity contribution in [1.82, 2.24) is 0 Å². The fraction of sp³-hybridized carbons (Fsp3) is 0.500. The number of hydrogen-bond donors (Lipinski definition) is 3. The SMILES string of the molecule is CC1(C(=O)Nc2ccccc2CCC(=O)O)CCCC1N. The van der Waals surface area contributed by atoms with Crippen molar-refractivity contribution in [2.24, 2.45) is 11.1 Å². The zero-order valence-electron chi connectivity index (χ0n) is 12.3. The molecule has 1 aromatic carbocycles. The average Bonchev–Trinajstić information content (AvgIpc) is 2.79. The summed E-state index contributed by atoms with van der Waals surface area (Å²) in [4.78, 5) is 23.2. The fourth-order valence-electron chi connectivity index (χ4n) is 2.84. The van der Waals surface area contributed by atoms with E-state index in [2.05, 4.69) is 5.32 Å². The minimum atomic E-state index is -0.846. The molecule has 0 heterocycles. The van der Waals surface area contributed by atoms with Crippen LogP contribution in [0.4, 0.5) is 5.69 Å². The summed E-state index contributed by atoms with van der Waals surface area (Å²) in [5.41, 5.74) is 7.04. The van der Waals surface area contributed by atoms with E-state index >= 15 is 0 Å². The Balaban J connectivity index is 2.12. The molecule has 1 aliphatic rings. The van der Waals surface area contributed by atoms with Crippen LogP contribution in [0.15, 0.2) is 24.3 Å². The second kappa shape index (κ2) is 6.26. The average molecular weight is 290 g/mol. The number of carbonyl (C=O) groups excluding carboxylic acids is 1. The van der Waals surface area contributed by atoms with E-state index in [0.717, 1.165) is 24.8 Å². The van der Waals surface area contributed by atoms with Gasteiger partial charge in [0.2, 0.25) is 5.91 Å². The van der Waals surface area contributed by atoms with E-state index in [0.29, 0.717) is 12.1 Å². The summed E-state index contributed by atoms with van der Waals surface area (Å²) in [6.07, 6.45) is 3.06. The van der Waals surface area contributed by atoms with Crippen molar-refractivity contribution in [2.45, 2.75) is 45.1 Å². The Morgan fingerprint density at radius 1 is 1.43 bits per heavy atom. The third-order valence-corrected chi connectivity index (χ3v) is 4.42. The number of carboxylic acid groups (broad SMARTS) is 1. The van der Waals surface area contributed by atoms with Crippen LogP contribution in [-0.4, -0.2) is 23.0 Å². The maximum Gasteiger partial charge on any atom is 0.303 e. The Morgan fingerprint density at radius 3 is 2.76 bits per heavy atom. The van der Waals surface area contributed by atoms with E-state index < -0.39 is 11.4 Å². The van der Waals surface area contributed by atoms with E-state index in [1.165, 1.54) is 0 Å². The molecular formula is C16H22N2O3. The number of amides is 1. The minimum Gasteiger partial charge on any atom is -0.481 e. The lowest BCUT2D eigenvalue weighted by molar-refractivity contribution is -0.137. The number of rotatable bonds is 5. The first-order valence-electron chi connectivity index (χ1n) is 7.30. The van der Waals surface area contributed by atoms with Crippen molar-refractivity contribution in [3.8, 4) is 0 Å². The van der Waals surface area contributed by atoms with Gasteiger partial charge in [0.1, 0.15) is 0 Å². The van der Waals surface area contributed by atoms with E-state index in [9.17, 15) is 9.59 Å². The Bertz CT molecular complexity index is 544. The Kier molecular flexibility index (Phi) is 4.63. The van der Waals surface area contributed by atoms with Crippen molar-refractivity contribution in [3.63, 3.8) is 0 Å². The molecule has 1 aromatic rings. The highest BCUT2D eigenvalue weighted by Gasteiger charge is 2.43. The fourth-order valence-corrected chi connectivity index (χ4v) is 2.84. The number of carbonyl (C=O) groups is 2. The Hall–Kier alpha value is -1.88. The molecule has 2 rings (SSSR count). The summed E-state index contributed by atoms with van der Waals surface area (Å²) in [5, 5.41) is 11.7. The van der Waals surface area contributed by atoms with Gasteiger partial charge in [-0.25, -0.2) is 0 Å². The number of carboxylic acids is 1. The summed E-state index contributed by atoms with van der Waals surface area (Å²) in [6.45, 7) is 1.90. The number of hydrogen-bond acceptors (Lipinski definition) is 3. The molecule has 0 aromatic heterocycles. The van der Waals surface area contributed by atoms with Gasteiger partial charge in [0, 0.05) is 18.2 Å². The van der Waals surface area contributed by atoms with Crippen LogP contribution in [-0.2, 0) is 16.0 Å². The molecule has 0 bridgehead atoms. The number of benzene rings is 1. The first kappa shape index (κ1) is 15.5. The van der Waals surface area contributed by atoms with E-state index in [1.807, 2.05) is 25.1 Å². The van der Waals surface area contributed by atoms with E-state index in [-0.39, 0.29) is 18.4 Å². The maximum absolute atomic E-state index is 12.5. The second-order valence-electron chi connectivity index (χ2n) is 5.92. The number of anilines is 1. The van der Waals surface area contributed by atoms with Crippen LogP contribution in [0.3, 0.4) is 0 Å². The third kappa shape index (κ3) is 3.42. The molecule has 2 atom stereocenters. The van der Waals surface area contributed by atoms with Crippen molar-refractivity contribution in [2.75, 3.05) is 5.32 Å². The number of nitrogens with one attached hydrogen (secondary N) is 1. The van der Waals surface area contributed by atoms with E-state index in [1.54, 1.807) is 6.07 Å². The molecule has 114 valence electrons. The van der Waals surface area contributed by atoms with Crippen LogP contribution in [0.2, 0.25) is 0 Å². The summed E-state index contributed by atoms with van der Waals surface area (Å²) >= 11 is 0. The van der Waals surface area contributed by atoms with Gasteiger partial charge in [-0.05, 0) is 37.8 Å². The van der Waals surface area contributed by atoms with Crippen LogP contribution in [0.1, 0.15) is 38.2 Å². The van der Waals surface area contributed by atoms with Gasteiger partial charge in [-0.1, -0.05) is 24.6 Å². The highest BCUT2D eigenvalue weighted by atomic mass is 16.4. The Morgan fingerprint density at radius 2 is 2.14 bits per heavy atom. The molecule has 0 saturated heterocycles. The number of para-hydroxylation sites is 1. The van der Waals surface area contributed by atoms with Crippen LogP contribution in [0.25, 0.3) is 0 Å². The smallest absolute Gasteiger partial charge is 0.303 e. The summed E-state index contributed by atoms with van der Waals surface area (Å²) < 4.78 is 0. The second-order valence-corrected chi connectivity index (χ2v) is 5.92. The summed E-state index contributed by atoms with van der Waals surface area (Å²) in [7, 11) is 0. The Labute approximate surface area is 124 Å². The molecule has 5 heteroatoms. The predicted octanol–water partition coefficient (Wildman–Crippen LogP) is 2.16. The third-order valence-electron chi connectivity index (χ3n) is 4.42. The lowest BCUT2D eigenvalue weighted by Crippen LogP contribution is -2.44. The quantitative estimate of drug-likeness (QED) is 0.774. The first-order valence-corrected chi connectivity index (χ1v) is 7.30. The van der Waals surface area contributed by atoms with Gasteiger partial charge in [0.05, 0.1) is 5.41 Å². The van der Waals surface area contributed by atoms with Crippen molar-refractivity contribution < 1.29 is 14.7 Å². The van der Waals surface area contributed by atoms with Crippen LogP contribution >= 0.6 is 0 Å². The highest BCUT2D eigenvalue weighted by molar-refractivity contribution is 5.96. The number of nitrogens with two attached hydrogens (primary N) is 1. The normalized spacial score (nSPS) is 24.8. The van der Waals surface area contributed by atoms with Gasteiger partial charge in [-0.2, -0.15) is 0 Å². The minimum absolute atomic E-state index is 0.0453. The lowest BCUT2D eigenvalue weighted by Gasteiger charge is -2.28. The molecule has 2 unspecified atom stereocenters. The zero-order chi connectivity index (χ0) is 15.5. The maximum atomic E-state index is 12.5. The molecule has 0 radical (unpaired) electrons. The van der Waals surface area contributed by atoms with Gasteiger partial charge in [-0.15, -0.1) is 0 Å². The number of aliphatic carboxylic acids is 1. The monoisotopic (exact) mass is 290 g/mol. The molecule has 1 saturated carbocycles. The molecule has 1 aliphatic carbocycles. The highest BCUT2D eigenvalue weighted by Crippen LogP contribution is 2.38. The molecule has 0 aliphatic heterocycles. The summed E-state index contributed by atoms with van der Waals surface area (Å²) in [6, 6.07) is 7.20. The molecule has 21 heavy (non-hydrogen) atoms. The first-order chi connectivity index (χ1) is 9.93. The zero-order valence-corrected chi connectivity index (χ0v) is 12.3.